The molecule has 0 bridgehead atoms. The van der Waals surface area contributed by atoms with Crippen molar-refractivity contribution in [2.45, 2.75) is 33.2 Å². The first-order valence-electron chi connectivity index (χ1n) is 6.23. The molecule has 0 heterocycles. The minimum atomic E-state index is -1.03. The van der Waals surface area contributed by atoms with Crippen molar-refractivity contribution < 1.29 is 14.7 Å². The highest BCUT2D eigenvalue weighted by Crippen LogP contribution is 2.16. The highest BCUT2D eigenvalue weighted by Gasteiger charge is 2.21. The average Bonchev–Trinajstić information content (AvgIpc) is 2.38. The lowest BCUT2D eigenvalue weighted by atomic mass is 10.1. The molecule has 1 unspecified atom stereocenters. The molecule has 1 aromatic carbocycles. The number of carboxylic acids is 1. The van der Waals surface area contributed by atoms with E-state index in [2.05, 4.69) is 5.32 Å². The second kappa shape index (κ2) is 6.22. The molecule has 0 saturated carbocycles. The first-order chi connectivity index (χ1) is 8.86. The molecule has 104 valence electrons. The van der Waals surface area contributed by atoms with Crippen LogP contribution in [-0.2, 0) is 11.2 Å². The van der Waals surface area contributed by atoms with E-state index in [1.54, 1.807) is 0 Å². The van der Waals surface area contributed by atoms with Gasteiger partial charge in [-0.05, 0) is 43.5 Å². The molecule has 19 heavy (non-hydrogen) atoms. The number of urea groups is 1. The Morgan fingerprint density at radius 3 is 2.58 bits per heavy atom. The molecule has 1 rings (SSSR count). The zero-order valence-corrected chi connectivity index (χ0v) is 11.7. The van der Waals surface area contributed by atoms with Crippen molar-refractivity contribution in [2.24, 2.45) is 0 Å². The van der Waals surface area contributed by atoms with Gasteiger partial charge in [0.1, 0.15) is 6.04 Å². The van der Waals surface area contributed by atoms with Crippen LogP contribution in [0.25, 0.3) is 0 Å². The lowest BCUT2D eigenvalue weighted by Crippen LogP contribution is -2.42. The molecule has 5 nitrogen and oxygen atoms in total. The second-order valence-electron chi connectivity index (χ2n) is 4.55. The van der Waals surface area contributed by atoms with E-state index in [0.717, 1.165) is 16.9 Å². The van der Waals surface area contributed by atoms with Crippen molar-refractivity contribution >= 4 is 17.7 Å². The Morgan fingerprint density at radius 2 is 2.05 bits per heavy atom. The number of nitrogens with one attached hydrogen (secondary N) is 1. The van der Waals surface area contributed by atoms with Crippen molar-refractivity contribution in [3.8, 4) is 0 Å². The molecule has 2 amide bonds. The SMILES string of the molecule is CCc1cc(NC(=O)N(C)C(C)C(=O)O)ccc1C. The van der Waals surface area contributed by atoms with Gasteiger partial charge < -0.3 is 15.3 Å². The Morgan fingerprint density at radius 1 is 1.42 bits per heavy atom. The van der Waals surface area contributed by atoms with Crippen LogP contribution in [0.15, 0.2) is 18.2 Å². The number of benzene rings is 1. The number of aryl methyl sites for hydroxylation is 2. The van der Waals surface area contributed by atoms with Crippen molar-refractivity contribution in [2.75, 3.05) is 12.4 Å². The number of hydrogen-bond acceptors (Lipinski definition) is 2. The van der Waals surface area contributed by atoms with Gasteiger partial charge in [-0.3, -0.25) is 0 Å². The molecule has 0 saturated heterocycles. The molecule has 0 aliphatic heterocycles. The van der Waals surface area contributed by atoms with Crippen LogP contribution < -0.4 is 5.32 Å². The smallest absolute Gasteiger partial charge is 0.326 e. The lowest BCUT2D eigenvalue weighted by Gasteiger charge is -2.22. The predicted molar refractivity (Wildman–Crippen MR) is 74.4 cm³/mol. The topological polar surface area (TPSA) is 69.6 Å². The minimum absolute atomic E-state index is 0.430. The van der Waals surface area contributed by atoms with Crippen LogP contribution in [0.1, 0.15) is 25.0 Å². The Bertz CT molecular complexity index is 486. The number of anilines is 1. The Kier molecular flexibility index (Phi) is 4.92. The summed E-state index contributed by atoms with van der Waals surface area (Å²) < 4.78 is 0. The molecule has 2 N–H and O–H groups in total. The first-order valence-corrected chi connectivity index (χ1v) is 6.23. The molecule has 0 spiro atoms. The molecule has 0 aliphatic rings. The van der Waals surface area contributed by atoms with Gasteiger partial charge in [0.25, 0.3) is 0 Å². The van der Waals surface area contributed by atoms with Gasteiger partial charge in [0.2, 0.25) is 0 Å². The Hall–Kier alpha value is -2.04. The van der Waals surface area contributed by atoms with Crippen LogP contribution in [0.3, 0.4) is 0 Å². The summed E-state index contributed by atoms with van der Waals surface area (Å²) in [6.07, 6.45) is 0.886. The van der Waals surface area contributed by atoms with Crippen LogP contribution in [-0.4, -0.2) is 35.1 Å². The summed E-state index contributed by atoms with van der Waals surface area (Å²) in [5.74, 6) is -1.03. The fraction of sp³-hybridized carbons (Fsp3) is 0.429. The van der Waals surface area contributed by atoms with Gasteiger partial charge in [-0.1, -0.05) is 13.0 Å². The van der Waals surface area contributed by atoms with E-state index in [1.807, 2.05) is 32.0 Å². The quantitative estimate of drug-likeness (QED) is 0.877. The highest BCUT2D eigenvalue weighted by molar-refractivity contribution is 5.92. The summed E-state index contributed by atoms with van der Waals surface area (Å²) in [5.41, 5.74) is 3.01. The zero-order chi connectivity index (χ0) is 14.6. The van der Waals surface area contributed by atoms with Gasteiger partial charge in [0.05, 0.1) is 0 Å². The van der Waals surface area contributed by atoms with Crippen molar-refractivity contribution in [3.05, 3.63) is 29.3 Å². The van der Waals surface area contributed by atoms with Crippen LogP contribution >= 0.6 is 0 Å². The van der Waals surface area contributed by atoms with Gasteiger partial charge in [-0.25, -0.2) is 9.59 Å². The number of aliphatic carboxylic acids is 1. The van der Waals surface area contributed by atoms with E-state index >= 15 is 0 Å². The maximum Gasteiger partial charge on any atom is 0.326 e. The van der Waals surface area contributed by atoms with E-state index in [-0.39, 0.29) is 0 Å². The Labute approximate surface area is 113 Å². The zero-order valence-electron chi connectivity index (χ0n) is 11.7. The molecule has 1 atom stereocenters. The number of hydrogen-bond donors (Lipinski definition) is 2. The van der Waals surface area contributed by atoms with Gasteiger partial charge in [-0.15, -0.1) is 0 Å². The van der Waals surface area contributed by atoms with E-state index in [1.165, 1.54) is 19.5 Å². The molecular formula is C14H20N2O3. The van der Waals surface area contributed by atoms with Crippen LogP contribution in [0, 0.1) is 6.92 Å². The van der Waals surface area contributed by atoms with Crippen LogP contribution in [0.5, 0.6) is 0 Å². The number of likely N-dealkylation sites (N-methyl/N-ethyl adjacent to an activating group) is 1. The maximum absolute atomic E-state index is 11.9. The summed E-state index contributed by atoms with van der Waals surface area (Å²) in [6.45, 7) is 5.53. The third kappa shape index (κ3) is 3.71. The summed E-state index contributed by atoms with van der Waals surface area (Å²) in [7, 11) is 1.46. The molecule has 0 aliphatic carbocycles. The third-order valence-electron chi connectivity index (χ3n) is 3.24. The fourth-order valence-electron chi connectivity index (χ4n) is 1.68. The fourth-order valence-corrected chi connectivity index (χ4v) is 1.68. The van der Waals surface area contributed by atoms with Gasteiger partial charge in [0, 0.05) is 12.7 Å². The van der Waals surface area contributed by atoms with Gasteiger partial charge in [0.15, 0.2) is 0 Å². The third-order valence-corrected chi connectivity index (χ3v) is 3.24. The molecule has 5 heteroatoms. The molecule has 0 fully saturated rings. The number of amides is 2. The van der Waals surface area contributed by atoms with E-state index < -0.39 is 18.0 Å². The molecule has 0 radical (unpaired) electrons. The molecule has 1 aromatic rings. The predicted octanol–water partition coefficient (Wildman–Crippen LogP) is 2.49. The molecular weight excluding hydrogens is 244 g/mol. The highest BCUT2D eigenvalue weighted by atomic mass is 16.4. The second-order valence-corrected chi connectivity index (χ2v) is 4.55. The van der Waals surface area contributed by atoms with Gasteiger partial charge >= 0.3 is 12.0 Å². The first kappa shape index (κ1) is 15.0. The van der Waals surface area contributed by atoms with Gasteiger partial charge in [-0.2, -0.15) is 0 Å². The average molecular weight is 264 g/mol. The molecule has 0 aromatic heterocycles. The number of nitrogens with zero attached hydrogens (tertiary/aromatic N) is 1. The number of rotatable bonds is 4. The van der Waals surface area contributed by atoms with E-state index in [9.17, 15) is 9.59 Å². The number of carbonyl (C=O) groups excluding carboxylic acids is 1. The largest absolute Gasteiger partial charge is 0.480 e. The Balaban J connectivity index is 2.79. The van der Waals surface area contributed by atoms with Crippen molar-refractivity contribution in [3.63, 3.8) is 0 Å². The van der Waals surface area contributed by atoms with Crippen molar-refractivity contribution in [1.29, 1.82) is 0 Å². The summed E-state index contributed by atoms with van der Waals surface area (Å²) in [4.78, 5) is 23.9. The summed E-state index contributed by atoms with van der Waals surface area (Å²) in [5, 5.41) is 11.6. The van der Waals surface area contributed by atoms with Crippen molar-refractivity contribution in [1.82, 2.24) is 4.90 Å². The standard InChI is InChI=1S/C14H20N2O3/c1-5-11-8-12(7-6-9(11)2)15-14(19)16(4)10(3)13(17)18/h6-8,10H,5H2,1-4H3,(H,15,19)(H,17,18). The summed E-state index contributed by atoms with van der Waals surface area (Å²) >= 11 is 0. The van der Waals surface area contributed by atoms with E-state index in [4.69, 9.17) is 5.11 Å². The minimum Gasteiger partial charge on any atom is -0.480 e. The maximum atomic E-state index is 11.9. The van der Waals surface area contributed by atoms with Crippen LogP contribution in [0.4, 0.5) is 10.5 Å². The lowest BCUT2D eigenvalue weighted by molar-refractivity contribution is -0.141. The number of carboxylic acid groups (broad SMARTS) is 1. The normalized spacial score (nSPS) is 11.8. The van der Waals surface area contributed by atoms with Crippen LogP contribution in [0.2, 0.25) is 0 Å². The van der Waals surface area contributed by atoms with E-state index in [0.29, 0.717) is 5.69 Å². The summed E-state index contributed by atoms with van der Waals surface area (Å²) in [6, 6.07) is 4.37. The monoisotopic (exact) mass is 264 g/mol. The number of carbonyl (C=O) groups is 2.